The van der Waals surface area contributed by atoms with Crippen LogP contribution in [0.25, 0.3) is 21.8 Å². The molecule has 2 aromatic heterocycles. The van der Waals surface area contributed by atoms with Crippen molar-refractivity contribution in [2.45, 2.75) is 0 Å². The van der Waals surface area contributed by atoms with E-state index in [1.165, 1.54) is 0 Å². The first-order valence-electron chi connectivity index (χ1n) is 9.28. The Balaban J connectivity index is 0.00000150. The van der Waals surface area contributed by atoms with E-state index in [0.29, 0.717) is 0 Å². The zero-order valence-corrected chi connectivity index (χ0v) is 18.8. The standard InChI is InChI=1S/C22H23N5.3ClH/c1-5-17-7-3-11-26-21(17)19(9-1)24-15-13-23-14-16-25-20-10-2-6-18-8-4-12-27-22(18)20;;;/h1-12,23-25H,13-16H2;3*1H. The lowest BCUT2D eigenvalue weighted by Crippen LogP contribution is -2.27. The number of aromatic nitrogens is 2. The van der Waals surface area contributed by atoms with Gasteiger partial charge in [0.25, 0.3) is 0 Å². The molecule has 0 saturated carbocycles. The van der Waals surface area contributed by atoms with Crippen molar-refractivity contribution >= 4 is 70.4 Å². The SMILES string of the molecule is Cl.Cl.Cl.c1cnc2c(NCCNCCNc3cccc4cccnc34)cccc2c1. The lowest BCUT2D eigenvalue weighted by molar-refractivity contribution is 0.719. The molecule has 2 heterocycles. The summed E-state index contributed by atoms with van der Waals surface area (Å²) in [5, 5.41) is 12.7. The second kappa shape index (κ2) is 13.1. The maximum absolute atomic E-state index is 4.47. The van der Waals surface area contributed by atoms with E-state index in [1.54, 1.807) is 0 Å². The molecule has 0 saturated heterocycles. The Hall–Kier alpha value is -2.31. The van der Waals surface area contributed by atoms with Gasteiger partial charge in [0.15, 0.2) is 0 Å². The summed E-state index contributed by atoms with van der Waals surface area (Å²) in [6.07, 6.45) is 3.67. The molecule has 160 valence electrons. The Morgan fingerprint density at radius 3 is 1.43 bits per heavy atom. The predicted octanol–water partition coefficient (Wildman–Crippen LogP) is 5.16. The summed E-state index contributed by atoms with van der Waals surface area (Å²) in [5.74, 6) is 0. The van der Waals surface area contributed by atoms with Crippen LogP contribution in [-0.2, 0) is 0 Å². The Morgan fingerprint density at radius 1 is 0.533 bits per heavy atom. The quantitative estimate of drug-likeness (QED) is 0.313. The largest absolute Gasteiger partial charge is 0.382 e. The lowest BCUT2D eigenvalue weighted by atomic mass is 10.2. The molecule has 30 heavy (non-hydrogen) atoms. The molecule has 0 atom stereocenters. The van der Waals surface area contributed by atoms with Crippen LogP contribution in [-0.4, -0.2) is 36.1 Å². The molecule has 0 bridgehead atoms. The van der Waals surface area contributed by atoms with Crippen LogP contribution in [0, 0.1) is 0 Å². The van der Waals surface area contributed by atoms with Crippen molar-refractivity contribution in [3.8, 4) is 0 Å². The summed E-state index contributed by atoms with van der Waals surface area (Å²) in [4.78, 5) is 8.94. The topological polar surface area (TPSA) is 61.9 Å². The minimum absolute atomic E-state index is 0. The van der Waals surface area contributed by atoms with E-state index < -0.39 is 0 Å². The van der Waals surface area contributed by atoms with Crippen molar-refractivity contribution in [3.05, 3.63) is 73.1 Å². The molecule has 0 aliphatic rings. The number of benzene rings is 2. The van der Waals surface area contributed by atoms with Gasteiger partial charge in [-0.2, -0.15) is 0 Å². The molecule has 2 aromatic carbocycles. The molecule has 5 nitrogen and oxygen atoms in total. The number of nitrogens with zero attached hydrogens (tertiary/aromatic N) is 2. The highest BCUT2D eigenvalue weighted by atomic mass is 35.5. The summed E-state index contributed by atoms with van der Waals surface area (Å²) >= 11 is 0. The molecule has 3 N–H and O–H groups in total. The Morgan fingerprint density at radius 2 is 0.967 bits per heavy atom. The summed E-state index contributed by atoms with van der Waals surface area (Å²) < 4.78 is 0. The van der Waals surface area contributed by atoms with Gasteiger partial charge in [0.1, 0.15) is 0 Å². The van der Waals surface area contributed by atoms with E-state index in [0.717, 1.165) is 59.4 Å². The maximum atomic E-state index is 4.47. The minimum Gasteiger partial charge on any atom is -0.382 e. The third-order valence-electron chi connectivity index (χ3n) is 4.50. The van der Waals surface area contributed by atoms with Gasteiger partial charge < -0.3 is 16.0 Å². The third kappa shape index (κ3) is 6.34. The number of para-hydroxylation sites is 2. The Kier molecular flexibility index (Phi) is 11.2. The number of hydrogen-bond donors (Lipinski definition) is 3. The van der Waals surface area contributed by atoms with Crippen molar-refractivity contribution in [3.63, 3.8) is 0 Å². The molecule has 4 rings (SSSR count). The summed E-state index contributed by atoms with van der Waals surface area (Å²) in [6, 6.07) is 20.5. The number of rotatable bonds is 8. The molecule has 0 amide bonds. The van der Waals surface area contributed by atoms with Crippen LogP contribution in [0.1, 0.15) is 0 Å². The highest BCUT2D eigenvalue weighted by Gasteiger charge is 2.01. The second-order valence-electron chi connectivity index (χ2n) is 6.36. The monoisotopic (exact) mass is 465 g/mol. The number of fused-ring (bicyclic) bond motifs is 2. The van der Waals surface area contributed by atoms with E-state index in [9.17, 15) is 0 Å². The minimum atomic E-state index is 0. The summed E-state index contributed by atoms with van der Waals surface area (Å²) in [7, 11) is 0. The van der Waals surface area contributed by atoms with E-state index in [4.69, 9.17) is 0 Å². The van der Waals surface area contributed by atoms with Crippen LogP contribution in [0.4, 0.5) is 11.4 Å². The van der Waals surface area contributed by atoms with Gasteiger partial charge >= 0.3 is 0 Å². The van der Waals surface area contributed by atoms with E-state index >= 15 is 0 Å². The predicted molar refractivity (Wildman–Crippen MR) is 135 cm³/mol. The van der Waals surface area contributed by atoms with Gasteiger partial charge in [-0.05, 0) is 24.3 Å². The van der Waals surface area contributed by atoms with Crippen molar-refractivity contribution < 1.29 is 0 Å². The van der Waals surface area contributed by atoms with Crippen LogP contribution >= 0.6 is 37.2 Å². The fraction of sp³-hybridized carbons (Fsp3) is 0.182. The highest BCUT2D eigenvalue weighted by molar-refractivity contribution is 5.90. The number of hydrogen-bond acceptors (Lipinski definition) is 5. The summed E-state index contributed by atoms with van der Waals surface area (Å²) in [6.45, 7) is 3.48. The van der Waals surface area contributed by atoms with Crippen molar-refractivity contribution in [2.24, 2.45) is 0 Å². The first kappa shape index (κ1) is 25.7. The van der Waals surface area contributed by atoms with Crippen molar-refractivity contribution in [1.29, 1.82) is 0 Å². The second-order valence-corrected chi connectivity index (χ2v) is 6.36. The molecule has 0 spiro atoms. The molecule has 0 aliphatic heterocycles. The van der Waals surface area contributed by atoms with Crippen LogP contribution in [0.3, 0.4) is 0 Å². The number of anilines is 2. The fourth-order valence-electron chi connectivity index (χ4n) is 3.19. The molecule has 0 unspecified atom stereocenters. The molecule has 0 fully saturated rings. The van der Waals surface area contributed by atoms with E-state index in [2.05, 4.69) is 74.4 Å². The zero-order valence-electron chi connectivity index (χ0n) is 16.4. The van der Waals surface area contributed by atoms with Gasteiger partial charge in [-0.3, -0.25) is 9.97 Å². The van der Waals surface area contributed by atoms with Gasteiger partial charge in [-0.15, -0.1) is 37.2 Å². The first-order valence-corrected chi connectivity index (χ1v) is 9.28. The van der Waals surface area contributed by atoms with Gasteiger partial charge in [0.2, 0.25) is 0 Å². The molecule has 0 aliphatic carbocycles. The number of nitrogens with one attached hydrogen (secondary N) is 3. The van der Waals surface area contributed by atoms with Gasteiger partial charge in [-0.1, -0.05) is 36.4 Å². The molecule has 0 radical (unpaired) electrons. The smallest absolute Gasteiger partial charge is 0.0933 e. The van der Waals surface area contributed by atoms with Crippen LogP contribution < -0.4 is 16.0 Å². The Bertz CT molecular complexity index is 951. The third-order valence-corrected chi connectivity index (χ3v) is 4.50. The molecule has 8 heteroatoms. The van der Waals surface area contributed by atoms with Crippen molar-refractivity contribution in [2.75, 3.05) is 36.8 Å². The van der Waals surface area contributed by atoms with E-state index in [1.807, 2.05) is 24.5 Å². The molecular weight excluding hydrogens is 441 g/mol. The first-order chi connectivity index (χ1) is 13.4. The average Bonchev–Trinajstić information content (AvgIpc) is 2.73. The maximum Gasteiger partial charge on any atom is 0.0933 e. The molecular formula is C22H26Cl3N5. The number of pyridine rings is 2. The zero-order chi connectivity index (χ0) is 18.3. The van der Waals surface area contributed by atoms with Crippen LogP contribution in [0.2, 0.25) is 0 Å². The van der Waals surface area contributed by atoms with E-state index in [-0.39, 0.29) is 37.2 Å². The summed E-state index contributed by atoms with van der Waals surface area (Å²) in [5.41, 5.74) is 4.19. The van der Waals surface area contributed by atoms with Crippen LogP contribution in [0.15, 0.2) is 73.1 Å². The normalized spacial score (nSPS) is 9.87. The lowest BCUT2D eigenvalue weighted by Gasteiger charge is -2.11. The average molecular weight is 467 g/mol. The van der Waals surface area contributed by atoms with Crippen molar-refractivity contribution in [1.82, 2.24) is 15.3 Å². The van der Waals surface area contributed by atoms with Gasteiger partial charge in [0.05, 0.1) is 22.4 Å². The Labute approximate surface area is 195 Å². The fourth-order valence-corrected chi connectivity index (χ4v) is 3.19. The highest BCUT2D eigenvalue weighted by Crippen LogP contribution is 2.21. The van der Waals surface area contributed by atoms with Gasteiger partial charge in [-0.25, -0.2) is 0 Å². The molecule has 4 aromatic rings. The number of halogens is 3. The van der Waals surface area contributed by atoms with Gasteiger partial charge in [0, 0.05) is 49.3 Å². The van der Waals surface area contributed by atoms with Crippen LogP contribution in [0.5, 0.6) is 0 Å².